The largest absolute Gasteiger partial charge is 0.478 e. The molecule has 0 heterocycles. The molecule has 0 aliphatic heterocycles. The van der Waals surface area contributed by atoms with Gasteiger partial charge in [0.05, 0.1) is 0 Å². The first-order valence-electron chi connectivity index (χ1n) is 5.45. The van der Waals surface area contributed by atoms with Crippen LogP contribution in [0.5, 0.6) is 11.5 Å². The van der Waals surface area contributed by atoms with Gasteiger partial charge in [-0.05, 0) is 42.8 Å². The van der Waals surface area contributed by atoms with Crippen LogP contribution in [0, 0.1) is 12.7 Å². The minimum atomic E-state index is -1.23. The fraction of sp³-hybridized carbons (Fsp3) is 0.0714. The second-order valence-corrected chi connectivity index (χ2v) is 4.79. The molecule has 19 heavy (non-hydrogen) atoms. The molecule has 0 bridgehead atoms. The van der Waals surface area contributed by atoms with Crippen LogP contribution in [0.15, 0.2) is 40.9 Å². The summed E-state index contributed by atoms with van der Waals surface area (Å²) in [6.45, 7) is 1.86. The molecule has 2 aromatic rings. The number of ether oxygens (including phenoxy) is 1. The van der Waals surface area contributed by atoms with Crippen LogP contribution in [0.3, 0.4) is 0 Å². The molecular formula is C14H10BrFO3. The SMILES string of the molecule is Cc1cc(Oc2c(F)cccc2C(=O)O)ccc1Br. The van der Waals surface area contributed by atoms with Gasteiger partial charge in [-0.15, -0.1) is 0 Å². The van der Waals surface area contributed by atoms with Gasteiger partial charge in [0, 0.05) is 4.47 Å². The van der Waals surface area contributed by atoms with Crippen molar-refractivity contribution in [1.29, 1.82) is 0 Å². The highest BCUT2D eigenvalue weighted by Gasteiger charge is 2.16. The Morgan fingerprint density at radius 3 is 2.68 bits per heavy atom. The van der Waals surface area contributed by atoms with Crippen LogP contribution in [0.25, 0.3) is 0 Å². The molecule has 1 N–H and O–H groups in total. The van der Waals surface area contributed by atoms with Gasteiger partial charge < -0.3 is 9.84 Å². The zero-order chi connectivity index (χ0) is 14.0. The van der Waals surface area contributed by atoms with E-state index in [-0.39, 0.29) is 11.3 Å². The van der Waals surface area contributed by atoms with E-state index in [1.165, 1.54) is 12.1 Å². The van der Waals surface area contributed by atoms with E-state index < -0.39 is 11.8 Å². The number of halogens is 2. The van der Waals surface area contributed by atoms with E-state index in [1.54, 1.807) is 18.2 Å². The van der Waals surface area contributed by atoms with E-state index in [0.29, 0.717) is 5.75 Å². The number of carbonyl (C=O) groups is 1. The van der Waals surface area contributed by atoms with E-state index in [2.05, 4.69) is 15.9 Å². The number of hydrogen-bond donors (Lipinski definition) is 1. The molecule has 0 saturated carbocycles. The third kappa shape index (κ3) is 2.93. The van der Waals surface area contributed by atoms with Gasteiger partial charge in [-0.3, -0.25) is 0 Å². The lowest BCUT2D eigenvalue weighted by Crippen LogP contribution is -2.02. The van der Waals surface area contributed by atoms with Gasteiger partial charge in [-0.25, -0.2) is 9.18 Å². The topological polar surface area (TPSA) is 46.5 Å². The molecule has 5 heteroatoms. The first kappa shape index (κ1) is 13.5. The van der Waals surface area contributed by atoms with Crippen LogP contribution in [-0.4, -0.2) is 11.1 Å². The summed E-state index contributed by atoms with van der Waals surface area (Å²) in [6, 6.07) is 8.88. The van der Waals surface area contributed by atoms with Crippen molar-refractivity contribution in [3.05, 3.63) is 57.8 Å². The van der Waals surface area contributed by atoms with Crippen molar-refractivity contribution in [2.75, 3.05) is 0 Å². The maximum Gasteiger partial charge on any atom is 0.339 e. The zero-order valence-corrected chi connectivity index (χ0v) is 11.6. The Morgan fingerprint density at radius 1 is 1.32 bits per heavy atom. The van der Waals surface area contributed by atoms with Crippen LogP contribution < -0.4 is 4.74 Å². The maximum absolute atomic E-state index is 13.7. The Morgan fingerprint density at radius 2 is 2.05 bits per heavy atom. The highest BCUT2D eigenvalue weighted by atomic mass is 79.9. The molecule has 0 radical (unpaired) electrons. The zero-order valence-electron chi connectivity index (χ0n) is 9.98. The third-order valence-corrected chi connectivity index (χ3v) is 3.44. The number of aryl methyl sites for hydroxylation is 1. The number of benzene rings is 2. The quantitative estimate of drug-likeness (QED) is 0.910. The molecule has 0 aliphatic carbocycles. The van der Waals surface area contributed by atoms with E-state index in [9.17, 15) is 9.18 Å². The molecule has 2 rings (SSSR count). The minimum Gasteiger partial charge on any atom is -0.478 e. The summed E-state index contributed by atoms with van der Waals surface area (Å²) < 4.78 is 19.9. The molecule has 0 aromatic heterocycles. The first-order chi connectivity index (χ1) is 8.99. The molecule has 3 nitrogen and oxygen atoms in total. The van der Waals surface area contributed by atoms with Gasteiger partial charge in [0.15, 0.2) is 11.6 Å². The lowest BCUT2D eigenvalue weighted by Gasteiger charge is -2.10. The summed E-state index contributed by atoms with van der Waals surface area (Å²) in [4.78, 5) is 11.0. The fourth-order valence-corrected chi connectivity index (χ4v) is 1.83. The number of carboxylic acids is 1. The summed E-state index contributed by atoms with van der Waals surface area (Å²) in [6.07, 6.45) is 0. The normalized spacial score (nSPS) is 10.3. The van der Waals surface area contributed by atoms with Gasteiger partial charge >= 0.3 is 5.97 Å². The standard InChI is InChI=1S/C14H10BrFO3/c1-8-7-9(5-6-11(8)15)19-13-10(14(17)18)3-2-4-12(13)16/h2-7H,1H3,(H,17,18). The number of para-hydroxylation sites is 1. The van der Waals surface area contributed by atoms with Crippen molar-refractivity contribution in [2.45, 2.75) is 6.92 Å². The molecule has 0 saturated heterocycles. The molecule has 0 atom stereocenters. The average molecular weight is 325 g/mol. The van der Waals surface area contributed by atoms with Crippen LogP contribution in [0.4, 0.5) is 4.39 Å². The van der Waals surface area contributed by atoms with Gasteiger partial charge in [-0.2, -0.15) is 0 Å². The molecule has 0 unspecified atom stereocenters. The van der Waals surface area contributed by atoms with Gasteiger partial charge in [0.2, 0.25) is 0 Å². The van der Waals surface area contributed by atoms with E-state index >= 15 is 0 Å². The number of carboxylic acid groups (broad SMARTS) is 1. The summed E-state index contributed by atoms with van der Waals surface area (Å²) in [5, 5.41) is 9.01. The Hall–Kier alpha value is -1.88. The molecule has 2 aromatic carbocycles. The van der Waals surface area contributed by atoms with Gasteiger partial charge in [-0.1, -0.05) is 22.0 Å². The van der Waals surface area contributed by atoms with Crippen molar-refractivity contribution < 1.29 is 19.0 Å². The molecule has 0 aliphatic rings. The Labute approximate surface area is 117 Å². The summed E-state index contributed by atoms with van der Waals surface area (Å²) in [7, 11) is 0. The first-order valence-corrected chi connectivity index (χ1v) is 6.24. The Balaban J connectivity index is 2.42. The lowest BCUT2D eigenvalue weighted by molar-refractivity contribution is 0.0693. The second kappa shape index (κ2) is 5.40. The van der Waals surface area contributed by atoms with E-state index in [4.69, 9.17) is 9.84 Å². The van der Waals surface area contributed by atoms with Crippen LogP contribution in [0.1, 0.15) is 15.9 Å². The molecule has 0 amide bonds. The Kier molecular flexibility index (Phi) is 3.85. The molecule has 0 spiro atoms. The van der Waals surface area contributed by atoms with Crippen LogP contribution in [-0.2, 0) is 0 Å². The lowest BCUT2D eigenvalue weighted by atomic mass is 10.2. The van der Waals surface area contributed by atoms with Crippen molar-refractivity contribution in [1.82, 2.24) is 0 Å². The molecule has 0 fully saturated rings. The average Bonchev–Trinajstić information content (AvgIpc) is 2.36. The number of hydrogen-bond acceptors (Lipinski definition) is 2. The van der Waals surface area contributed by atoms with Crippen LogP contribution in [0.2, 0.25) is 0 Å². The fourth-order valence-electron chi connectivity index (χ4n) is 1.58. The monoisotopic (exact) mass is 324 g/mol. The van der Waals surface area contributed by atoms with Gasteiger partial charge in [0.25, 0.3) is 0 Å². The summed E-state index contributed by atoms with van der Waals surface area (Å²) >= 11 is 3.34. The second-order valence-electron chi connectivity index (χ2n) is 3.93. The predicted molar refractivity (Wildman–Crippen MR) is 72.3 cm³/mol. The number of aromatic carboxylic acids is 1. The van der Waals surface area contributed by atoms with Gasteiger partial charge in [0.1, 0.15) is 11.3 Å². The summed E-state index contributed by atoms with van der Waals surface area (Å²) in [5.74, 6) is -1.84. The summed E-state index contributed by atoms with van der Waals surface area (Å²) in [5.41, 5.74) is 0.700. The van der Waals surface area contributed by atoms with Crippen molar-refractivity contribution in [2.24, 2.45) is 0 Å². The van der Waals surface area contributed by atoms with E-state index in [0.717, 1.165) is 16.1 Å². The minimum absolute atomic E-state index is 0.208. The van der Waals surface area contributed by atoms with E-state index in [1.807, 2.05) is 6.92 Å². The third-order valence-electron chi connectivity index (χ3n) is 2.55. The highest BCUT2D eigenvalue weighted by molar-refractivity contribution is 9.10. The predicted octanol–water partition coefficient (Wildman–Crippen LogP) is 4.39. The highest BCUT2D eigenvalue weighted by Crippen LogP contribution is 2.30. The van der Waals surface area contributed by atoms with Crippen LogP contribution >= 0.6 is 15.9 Å². The molecular weight excluding hydrogens is 315 g/mol. The maximum atomic E-state index is 13.7. The smallest absolute Gasteiger partial charge is 0.339 e. The number of rotatable bonds is 3. The Bertz CT molecular complexity index is 641. The van der Waals surface area contributed by atoms with Crippen molar-refractivity contribution in [3.8, 4) is 11.5 Å². The van der Waals surface area contributed by atoms with Crippen molar-refractivity contribution in [3.63, 3.8) is 0 Å². The van der Waals surface area contributed by atoms with Crippen molar-refractivity contribution >= 4 is 21.9 Å². The molecule has 98 valence electrons.